The van der Waals surface area contributed by atoms with E-state index in [0.29, 0.717) is 0 Å². The Labute approximate surface area is 129 Å². The number of rotatable bonds is 6. The van der Waals surface area contributed by atoms with E-state index >= 15 is 0 Å². The van der Waals surface area contributed by atoms with Crippen LogP contribution in [0.25, 0.3) is 0 Å². The van der Waals surface area contributed by atoms with Crippen molar-refractivity contribution in [3.63, 3.8) is 0 Å². The van der Waals surface area contributed by atoms with Crippen molar-refractivity contribution in [3.05, 3.63) is 29.8 Å². The molecule has 1 saturated heterocycles. The van der Waals surface area contributed by atoms with Crippen LogP contribution in [-0.4, -0.2) is 44.2 Å². The SMILES string of the molecule is CCCC1CNCCN1CCc1ccc(OC)cc1.Cl. The highest BCUT2D eigenvalue weighted by molar-refractivity contribution is 5.85. The third-order valence-corrected chi connectivity index (χ3v) is 3.94. The molecule has 1 aliphatic heterocycles. The molecule has 1 aliphatic rings. The Morgan fingerprint density at radius 1 is 1.30 bits per heavy atom. The minimum atomic E-state index is 0. The Morgan fingerprint density at radius 2 is 2.05 bits per heavy atom. The van der Waals surface area contributed by atoms with Gasteiger partial charge in [0.2, 0.25) is 0 Å². The summed E-state index contributed by atoms with van der Waals surface area (Å²) in [6.45, 7) is 6.90. The lowest BCUT2D eigenvalue weighted by molar-refractivity contribution is 0.154. The first-order chi connectivity index (χ1) is 9.33. The number of methoxy groups -OCH3 is 1. The van der Waals surface area contributed by atoms with Gasteiger partial charge in [0.1, 0.15) is 5.75 Å². The van der Waals surface area contributed by atoms with E-state index in [1.807, 2.05) is 0 Å². The number of hydrogen-bond acceptors (Lipinski definition) is 3. The summed E-state index contributed by atoms with van der Waals surface area (Å²) in [5.74, 6) is 0.940. The third kappa shape index (κ3) is 4.97. The lowest BCUT2D eigenvalue weighted by atomic mass is 10.1. The quantitative estimate of drug-likeness (QED) is 0.874. The van der Waals surface area contributed by atoms with Crippen molar-refractivity contribution < 1.29 is 4.74 Å². The van der Waals surface area contributed by atoms with E-state index in [2.05, 4.69) is 41.4 Å². The Morgan fingerprint density at radius 3 is 2.70 bits per heavy atom. The summed E-state index contributed by atoms with van der Waals surface area (Å²) in [6, 6.07) is 9.18. The zero-order valence-corrected chi connectivity index (χ0v) is 13.4. The summed E-state index contributed by atoms with van der Waals surface area (Å²) in [4.78, 5) is 2.64. The second-order valence-electron chi connectivity index (χ2n) is 5.28. The minimum Gasteiger partial charge on any atom is -0.497 e. The predicted molar refractivity (Wildman–Crippen MR) is 87.1 cm³/mol. The molecule has 0 amide bonds. The predicted octanol–water partition coefficient (Wildman–Crippen LogP) is 2.73. The van der Waals surface area contributed by atoms with Crippen molar-refractivity contribution >= 4 is 12.4 Å². The first-order valence-electron chi connectivity index (χ1n) is 7.41. The van der Waals surface area contributed by atoms with E-state index in [0.717, 1.165) is 31.3 Å². The molecule has 3 nitrogen and oxygen atoms in total. The van der Waals surface area contributed by atoms with Gasteiger partial charge in [-0.25, -0.2) is 0 Å². The molecule has 0 saturated carbocycles. The lowest BCUT2D eigenvalue weighted by Crippen LogP contribution is -2.51. The zero-order chi connectivity index (χ0) is 13.5. The lowest BCUT2D eigenvalue weighted by Gasteiger charge is -2.36. The van der Waals surface area contributed by atoms with E-state index in [4.69, 9.17) is 4.74 Å². The molecule has 20 heavy (non-hydrogen) atoms. The highest BCUT2D eigenvalue weighted by Gasteiger charge is 2.20. The maximum absolute atomic E-state index is 5.19. The molecular weight excluding hydrogens is 272 g/mol. The maximum Gasteiger partial charge on any atom is 0.118 e. The molecule has 0 bridgehead atoms. The number of benzene rings is 1. The van der Waals surface area contributed by atoms with Gasteiger partial charge >= 0.3 is 0 Å². The van der Waals surface area contributed by atoms with Gasteiger partial charge in [-0.05, 0) is 30.5 Å². The van der Waals surface area contributed by atoms with Gasteiger partial charge in [0, 0.05) is 32.2 Å². The van der Waals surface area contributed by atoms with Gasteiger partial charge in [0.25, 0.3) is 0 Å². The Bertz CT molecular complexity index is 367. The average Bonchev–Trinajstić information content (AvgIpc) is 2.47. The Hall–Kier alpha value is -0.770. The standard InChI is InChI=1S/C16H26N2O.ClH/c1-3-4-15-13-17-10-12-18(15)11-9-14-5-7-16(19-2)8-6-14;/h5-8,15,17H,3-4,9-13H2,1-2H3;1H. The van der Waals surface area contributed by atoms with Crippen molar-refractivity contribution in [2.24, 2.45) is 0 Å². The van der Waals surface area contributed by atoms with Gasteiger partial charge in [0.15, 0.2) is 0 Å². The van der Waals surface area contributed by atoms with Crippen molar-refractivity contribution in [1.29, 1.82) is 0 Å². The molecule has 1 atom stereocenters. The first kappa shape index (κ1) is 17.3. The summed E-state index contributed by atoms with van der Waals surface area (Å²) in [7, 11) is 1.71. The molecule has 4 heteroatoms. The van der Waals surface area contributed by atoms with Crippen LogP contribution in [-0.2, 0) is 6.42 Å². The van der Waals surface area contributed by atoms with Gasteiger partial charge in [-0.15, -0.1) is 12.4 Å². The van der Waals surface area contributed by atoms with Gasteiger partial charge in [0.05, 0.1) is 7.11 Å². The molecule has 1 unspecified atom stereocenters. The Kier molecular flexibility index (Phi) is 7.97. The van der Waals surface area contributed by atoms with Crippen molar-refractivity contribution in [2.45, 2.75) is 32.2 Å². The number of halogens is 1. The van der Waals surface area contributed by atoms with Crippen LogP contribution in [0.1, 0.15) is 25.3 Å². The van der Waals surface area contributed by atoms with E-state index in [9.17, 15) is 0 Å². The van der Waals surface area contributed by atoms with Crippen LogP contribution >= 0.6 is 12.4 Å². The fourth-order valence-electron chi connectivity index (χ4n) is 2.78. The molecule has 1 aromatic carbocycles. The monoisotopic (exact) mass is 298 g/mol. The molecule has 1 heterocycles. The summed E-state index contributed by atoms with van der Waals surface area (Å²) < 4.78 is 5.19. The number of nitrogens with zero attached hydrogens (tertiary/aromatic N) is 1. The topological polar surface area (TPSA) is 24.5 Å². The number of hydrogen-bond donors (Lipinski definition) is 1. The molecule has 2 rings (SSSR count). The van der Waals surface area contributed by atoms with E-state index in [1.54, 1.807) is 7.11 Å². The highest BCUT2D eigenvalue weighted by Crippen LogP contribution is 2.14. The van der Waals surface area contributed by atoms with Crippen LogP contribution in [0.4, 0.5) is 0 Å². The Balaban J connectivity index is 0.00000200. The summed E-state index contributed by atoms with van der Waals surface area (Å²) >= 11 is 0. The second kappa shape index (κ2) is 9.22. The molecule has 0 aromatic heterocycles. The molecule has 114 valence electrons. The fraction of sp³-hybridized carbons (Fsp3) is 0.625. The number of ether oxygens (including phenoxy) is 1. The first-order valence-corrected chi connectivity index (χ1v) is 7.41. The molecule has 0 spiro atoms. The van der Waals surface area contributed by atoms with Crippen LogP contribution in [0.15, 0.2) is 24.3 Å². The van der Waals surface area contributed by atoms with Crippen molar-refractivity contribution in [1.82, 2.24) is 10.2 Å². The molecule has 0 radical (unpaired) electrons. The third-order valence-electron chi connectivity index (χ3n) is 3.94. The largest absolute Gasteiger partial charge is 0.497 e. The summed E-state index contributed by atoms with van der Waals surface area (Å²) in [5, 5.41) is 3.50. The molecule has 1 fully saturated rings. The number of piperazine rings is 1. The molecule has 1 N–H and O–H groups in total. The molecule has 1 aromatic rings. The number of nitrogens with one attached hydrogen (secondary N) is 1. The van der Waals surface area contributed by atoms with Crippen molar-refractivity contribution in [3.8, 4) is 5.75 Å². The molecule has 0 aliphatic carbocycles. The fourth-order valence-corrected chi connectivity index (χ4v) is 2.78. The van der Waals surface area contributed by atoms with Crippen LogP contribution in [0.3, 0.4) is 0 Å². The smallest absolute Gasteiger partial charge is 0.118 e. The van der Waals surface area contributed by atoms with E-state index in [-0.39, 0.29) is 12.4 Å². The van der Waals surface area contributed by atoms with Crippen LogP contribution in [0.5, 0.6) is 5.75 Å². The van der Waals surface area contributed by atoms with Gasteiger partial charge in [-0.1, -0.05) is 25.5 Å². The zero-order valence-electron chi connectivity index (χ0n) is 12.6. The van der Waals surface area contributed by atoms with E-state index in [1.165, 1.54) is 31.5 Å². The summed E-state index contributed by atoms with van der Waals surface area (Å²) in [6.07, 6.45) is 3.70. The minimum absolute atomic E-state index is 0. The van der Waals surface area contributed by atoms with Gasteiger partial charge < -0.3 is 10.1 Å². The van der Waals surface area contributed by atoms with Gasteiger partial charge in [-0.3, -0.25) is 4.90 Å². The average molecular weight is 299 g/mol. The normalized spacial score (nSPS) is 19.4. The summed E-state index contributed by atoms with van der Waals surface area (Å²) in [5.41, 5.74) is 1.40. The van der Waals surface area contributed by atoms with Crippen molar-refractivity contribution in [2.75, 3.05) is 33.3 Å². The molecular formula is C16H27ClN2O. The van der Waals surface area contributed by atoms with Crippen LogP contribution < -0.4 is 10.1 Å². The van der Waals surface area contributed by atoms with Crippen LogP contribution in [0.2, 0.25) is 0 Å². The van der Waals surface area contributed by atoms with Crippen LogP contribution in [0, 0.1) is 0 Å². The van der Waals surface area contributed by atoms with E-state index < -0.39 is 0 Å². The van der Waals surface area contributed by atoms with Gasteiger partial charge in [-0.2, -0.15) is 0 Å². The maximum atomic E-state index is 5.19. The highest BCUT2D eigenvalue weighted by atomic mass is 35.5. The second-order valence-corrected chi connectivity index (χ2v) is 5.28.